The average molecular weight is 335 g/mol. The lowest BCUT2D eigenvalue weighted by Gasteiger charge is -2.31. The summed E-state index contributed by atoms with van der Waals surface area (Å²) in [7, 11) is 0.0617. The Hall–Kier alpha value is -1.93. The van der Waals surface area contributed by atoms with Crippen molar-refractivity contribution in [3.05, 3.63) is 36.4 Å². The van der Waals surface area contributed by atoms with E-state index < -0.39 is 10.0 Å². The second kappa shape index (κ2) is 6.29. The summed E-state index contributed by atoms with van der Waals surface area (Å²) in [6, 6.07) is 3.95. The normalized spacial score (nSPS) is 19.7. The Bertz CT molecular complexity index is 787. The highest BCUT2D eigenvalue weighted by atomic mass is 32.2. The van der Waals surface area contributed by atoms with Gasteiger partial charge in [-0.2, -0.15) is 4.31 Å². The number of nitrogens with zero attached hydrogens (tertiary/aromatic N) is 4. The van der Waals surface area contributed by atoms with Crippen molar-refractivity contribution < 1.29 is 8.42 Å². The van der Waals surface area contributed by atoms with E-state index in [-0.39, 0.29) is 10.9 Å². The highest BCUT2D eigenvalue weighted by Gasteiger charge is 2.32. The van der Waals surface area contributed by atoms with Gasteiger partial charge in [-0.05, 0) is 36.5 Å². The highest BCUT2D eigenvalue weighted by molar-refractivity contribution is 7.89. The first kappa shape index (κ1) is 15.9. The number of piperidine rings is 1. The Morgan fingerprint density at radius 1 is 1.35 bits per heavy atom. The number of aromatic nitrogens is 3. The van der Waals surface area contributed by atoms with Gasteiger partial charge in [0.25, 0.3) is 10.0 Å². The molecule has 1 aliphatic rings. The van der Waals surface area contributed by atoms with E-state index in [1.807, 2.05) is 19.2 Å². The number of anilines is 1. The molecule has 23 heavy (non-hydrogen) atoms. The van der Waals surface area contributed by atoms with Crippen molar-refractivity contribution in [1.82, 2.24) is 18.8 Å². The van der Waals surface area contributed by atoms with E-state index in [1.54, 1.807) is 28.3 Å². The zero-order valence-electron chi connectivity index (χ0n) is 13.3. The van der Waals surface area contributed by atoms with Crippen molar-refractivity contribution >= 4 is 15.8 Å². The third-order valence-corrected chi connectivity index (χ3v) is 5.93. The molecule has 0 spiro atoms. The van der Waals surface area contributed by atoms with Gasteiger partial charge in [-0.25, -0.2) is 18.4 Å². The fourth-order valence-corrected chi connectivity index (χ4v) is 4.41. The molecule has 1 atom stereocenters. The van der Waals surface area contributed by atoms with Gasteiger partial charge in [-0.1, -0.05) is 0 Å². The number of hydrogen-bond donors (Lipinski definition) is 1. The summed E-state index contributed by atoms with van der Waals surface area (Å²) in [6.45, 7) is 1.02. The van der Waals surface area contributed by atoms with Crippen LogP contribution < -0.4 is 5.32 Å². The SMILES string of the molecule is CNc1cc(C2CCCN(S(=O)(=O)c3cn(C)cn3)C2)ccn1. The van der Waals surface area contributed by atoms with Crippen LogP contribution in [0, 0.1) is 0 Å². The van der Waals surface area contributed by atoms with Crippen LogP contribution in [0.4, 0.5) is 5.82 Å². The van der Waals surface area contributed by atoms with Gasteiger partial charge in [0.15, 0.2) is 5.03 Å². The lowest BCUT2D eigenvalue weighted by Crippen LogP contribution is -2.39. The molecule has 1 N–H and O–H groups in total. The van der Waals surface area contributed by atoms with E-state index in [2.05, 4.69) is 15.3 Å². The molecule has 1 unspecified atom stereocenters. The molecule has 0 saturated carbocycles. The summed E-state index contributed by atoms with van der Waals surface area (Å²) in [5, 5.41) is 3.14. The number of rotatable bonds is 4. The average Bonchev–Trinajstić information content (AvgIpc) is 3.02. The fourth-order valence-electron chi connectivity index (χ4n) is 2.92. The maximum absolute atomic E-state index is 12.7. The molecule has 7 nitrogen and oxygen atoms in total. The quantitative estimate of drug-likeness (QED) is 0.914. The van der Waals surface area contributed by atoms with Gasteiger partial charge in [-0.15, -0.1) is 0 Å². The molecule has 2 aromatic rings. The Balaban J connectivity index is 1.83. The van der Waals surface area contributed by atoms with Crippen LogP contribution in [0.3, 0.4) is 0 Å². The van der Waals surface area contributed by atoms with Gasteiger partial charge < -0.3 is 9.88 Å². The van der Waals surface area contributed by atoms with Gasteiger partial charge in [0, 0.05) is 39.6 Å². The largest absolute Gasteiger partial charge is 0.373 e. The first-order chi connectivity index (χ1) is 11.0. The summed E-state index contributed by atoms with van der Waals surface area (Å²) in [5.41, 5.74) is 1.12. The van der Waals surface area contributed by atoms with Crippen molar-refractivity contribution in [1.29, 1.82) is 0 Å². The van der Waals surface area contributed by atoms with Gasteiger partial charge >= 0.3 is 0 Å². The van der Waals surface area contributed by atoms with E-state index in [9.17, 15) is 8.42 Å². The third-order valence-electron chi connectivity index (χ3n) is 4.18. The standard InChI is InChI=1S/C15H21N5O2S/c1-16-14-8-12(5-6-17-14)13-4-3-7-20(9-13)23(21,22)15-10-19(2)11-18-15/h5-6,8,10-11,13H,3-4,7,9H2,1-2H3,(H,16,17). The van der Waals surface area contributed by atoms with Gasteiger partial charge in [-0.3, -0.25) is 0 Å². The van der Waals surface area contributed by atoms with Crippen LogP contribution in [0.2, 0.25) is 0 Å². The Morgan fingerprint density at radius 2 is 2.17 bits per heavy atom. The van der Waals surface area contributed by atoms with E-state index in [0.29, 0.717) is 13.1 Å². The monoisotopic (exact) mass is 335 g/mol. The van der Waals surface area contributed by atoms with E-state index in [1.165, 1.54) is 6.33 Å². The zero-order valence-corrected chi connectivity index (χ0v) is 14.1. The maximum atomic E-state index is 12.7. The molecule has 1 saturated heterocycles. The van der Waals surface area contributed by atoms with Crippen LogP contribution in [0.15, 0.2) is 35.9 Å². The molecular weight excluding hydrogens is 314 g/mol. The van der Waals surface area contributed by atoms with Crippen molar-refractivity contribution in [2.75, 3.05) is 25.5 Å². The first-order valence-corrected chi connectivity index (χ1v) is 9.06. The van der Waals surface area contributed by atoms with Crippen LogP contribution in [0.5, 0.6) is 0 Å². The van der Waals surface area contributed by atoms with Crippen LogP contribution in [0.25, 0.3) is 0 Å². The molecule has 0 amide bonds. The molecular formula is C15H21N5O2S. The van der Waals surface area contributed by atoms with Gasteiger partial charge in [0.1, 0.15) is 5.82 Å². The van der Waals surface area contributed by atoms with Crippen LogP contribution in [-0.4, -0.2) is 47.4 Å². The molecule has 1 aliphatic heterocycles. The minimum atomic E-state index is -3.53. The molecule has 3 heterocycles. The number of hydrogen-bond acceptors (Lipinski definition) is 5. The van der Waals surface area contributed by atoms with Gasteiger partial charge in [0.2, 0.25) is 0 Å². The van der Waals surface area contributed by atoms with Gasteiger partial charge in [0.05, 0.1) is 6.33 Å². The predicted molar refractivity (Wildman–Crippen MR) is 87.7 cm³/mol. The fraction of sp³-hybridized carbons (Fsp3) is 0.467. The summed E-state index contributed by atoms with van der Waals surface area (Å²) >= 11 is 0. The Labute approximate surface area is 136 Å². The lowest BCUT2D eigenvalue weighted by atomic mass is 9.92. The zero-order chi connectivity index (χ0) is 16.4. The minimum Gasteiger partial charge on any atom is -0.373 e. The van der Waals surface area contributed by atoms with E-state index in [0.717, 1.165) is 24.2 Å². The second-order valence-electron chi connectivity index (χ2n) is 5.80. The summed E-state index contributed by atoms with van der Waals surface area (Å²) in [4.78, 5) is 8.22. The van der Waals surface area contributed by atoms with Crippen molar-refractivity contribution in [2.45, 2.75) is 23.8 Å². The lowest BCUT2D eigenvalue weighted by molar-refractivity contribution is 0.315. The topological polar surface area (TPSA) is 80.1 Å². The number of pyridine rings is 1. The minimum absolute atomic E-state index is 0.117. The van der Waals surface area contributed by atoms with Crippen molar-refractivity contribution in [2.24, 2.45) is 7.05 Å². The molecule has 3 rings (SSSR count). The first-order valence-electron chi connectivity index (χ1n) is 7.62. The molecule has 124 valence electrons. The number of imidazole rings is 1. The predicted octanol–water partition coefficient (Wildman–Crippen LogP) is 1.43. The molecule has 0 aliphatic carbocycles. The smallest absolute Gasteiger partial charge is 0.262 e. The second-order valence-corrected chi connectivity index (χ2v) is 7.69. The Kier molecular flexibility index (Phi) is 4.36. The van der Waals surface area contributed by atoms with E-state index in [4.69, 9.17) is 0 Å². The molecule has 0 bridgehead atoms. The molecule has 8 heteroatoms. The van der Waals surface area contributed by atoms with Crippen molar-refractivity contribution in [3.63, 3.8) is 0 Å². The molecule has 1 fully saturated rings. The molecule has 0 radical (unpaired) electrons. The third kappa shape index (κ3) is 3.23. The van der Waals surface area contributed by atoms with Crippen LogP contribution in [0.1, 0.15) is 24.3 Å². The summed E-state index contributed by atoms with van der Waals surface area (Å²) in [5.74, 6) is 0.976. The highest BCUT2D eigenvalue weighted by Crippen LogP contribution is 2.30. The molecule has 0 aromatic carbocycles. The summed E-state index contributed by atoms with van der Waals surface area (Å²) in [6.07, 6.45) is 6.63. The number of sulfonamides is 1. The van der Waals surface area contributed by atoms with E-state index >= 15 is 0 Å². The summed E-state index contributed by atoms with van der Waals surface area (Å²) < 4.78 is 28.6. The van der Waals surface area contributed by atoms with Crippen LogP contribution in [-0.2, 0) is 17.1 Å². The van der Waals surface area contributed by atoms with Crippen LogP contribution >= 0.6 is 0 Å². The maximum Gasteiger partial charge on any atom is 0.262 e. The number of nitrogens with one attached hydrogen (secondary N) is 1. The Morgan fingerprint density at radius 3 is 2.87 bits per heavy atom. The van der Waals surface area contributed by atoms with Crippen molar-refractivity contribution in [3.8, 4) is 0 Å². The molecule has 2 aromatic heterocycles. The number of aryl methyl sites for hydroxylation is 1.